The molecule has 0 unspecified atom stereocenters. The number of hydrogen-bond donors (Lipinski definition) is 0. The van der Waals surface area contributed by atoms with Crippen molar-refractivity contribution >= 4 is 18.2 Å². The van der Waals surface area contributed by atoms with Gasteiger partial charge in [0.15, 0.2) is 6.29 Å². The highest BCUT2D eigenvalue weighted by atomic mass is 16.5. The van der Waals surface area contributed by atoms with Crippen LogP contribution in [0.25, 0.3) is 11.1 Å². The quantitative estimate of drug-likeness (QED) is 0.473. The number of hydrogen-bond acceptors (Lipinski definition) is 6. The maximum Gasteiger partial charge on any atom is 0.338 e. The molecule has 0 atom stereocenters. The predicted octanol–water partition coefficient (Wildman–Crippen LogP) is 4.31. The minimum absolute atomic E-state index is 0.248. The summed E-state index contributed by atoms with van der Waals surface area (Å²) in [5.74, 6) is -0.588. The van der Waals surface area contributed by atoms with Gasteiger partial charge in [0.25, 0.3) is 0 Å². The second-order valence-electron chi connectivity index (χ2n) is 6.15. The average Bonchev–Trinajstić information content (AvgIpc) is 2.74. The van der Waals surface area contributed by atoms with Gasteiger partial charge in [-0.1, -0.05) is 19.9 Å². The third-order valence-electron chi connectivity index (χ3n) is 3.97. The maximum absolute atomic E-state index is 12.3. The predicted molar refractivity (Wildman–Crippen MR) is 105 cm³/mol. The second kappa shape index (κ2) is 10.3. The molecule has 0 heterocycles. The molecular formula is C22H24O6. The standard InChI is InChI=1S/C22H24O6/c1-4-8-27-21(24)17-11-16(12-18(13-17)22(25)28-9-5-2)15-6-7-20(26-3)19(10-15)14-23/h6-7,10-14H,4-5,8-9H2,1-3H3. The van der Waals surface area contributed by atoms with Gasteiger partial charge in [-0.25, -0.2) is 9.59 Å². The van der Waals surface area contributed by atoms with Crippen LogP contribution in [0.5, 0.6) is 5.75 Å². The number of methoxy groups -OCH3 is 1. The van der Waals surface area contributed by atoms with Gasteiger partial charge in [-0.2, -0.15) is 0 Å². The third-order valence-corrected chi connectivity index (χ3v) is 3.97. The van der Waals surface area contributed by atoms with Gasteiger partial charge in [-0.3, -0.25) is 4.79 Å². The Kier molecular flexibility index (Phi) is 7.75. The Hall–Kier alpha value is -3.15. The molecule has 0 fully saturated rings. The van der Waals surface area contributed by atoms with Crippen molar-refractivity contribution in [3.05, 3.63) is 53.1 Å². The van der Waals surface area contributed by atoms with Crippen molar-refractivity contribution in [1.82, 2.24) is 0 Å². The topological polar surface area (TPSA) is 78.9 Å². The lowest BCUT2D eigenvalue weighted by Gasteiger charge is -2.11. The Labute approximate surface area is 164 Å². The average molecular weight is 384 g/mol. The molecule has 28 heavy (non-hydrogen) atoms. The number of carbonyl (C=O) groups is 3. The molecule has 0 radical (unpaired) electrons. The van der Waals surface area contributed by atoms with Crippen LogP contribution in [-0.2, 0) is 9.47 Å². The Morgan fingerprint density at radius 3 is 1.89 bits per heavy atom. The highest BCUT2D eigenvalue weighted by molar-refractivity contribution is 5.98. The summed E-state index contributed by atoms with van der Waals surface area (Å²) < 4.78 is 15.6. The Morgan fingerprint density at radius 2 is 1.43 bits per heavy atom. The summed E-state index contributed by atoms with van der Waals surface area (Å²) in [6.07, 6.45) is 2.08. The normalized spacial score (nSPS) is 10.2. The molecule has 2 rings (SSSR count). The van der Waals surface area contributed by atoms with Crippen LogP contribution in [0.1, 0.15) is 57.8 Å². The van der Waals surface area contributed by atoms with Gasteiger partial charge in [-0.05, 0) is 54.3 Å². The smallest absolute Gasteiger partial charge is 0.338 e. The fourth-order valence-electron chi connectivity index (χ4n) is 2.59. The number of benzene rings is 2. The molecule has 0 aliphatic heterocycles. The highest BCUT2D eigenvalue weighted by Crippen LogP contribution is 2.28. The fourth-order valence-corrected chi connectivity index (χ4v) is 2.59. The minimum Gasteiger partial charge on any atom is -0.496 e. The van der Waals surface area contributed by atoms with Gasteiger partial charge in [0.1, 0.15) is 5.75 Å². The van der Waals surface area contributed by atoms with Crippen molar-refractivity contribution in [2.24, 2.45) is 0 Å². The van der Waals surface area contributed by atoms with Crippen LogP contribution in [-0.4, -0.2) is 38.5 Å². The van der Waals surface area contributed by atoms with Gasteiger partial charge >= 0.3 is 11.9 Å². The monoisotopic (exact) mass is 384 g/mol. The van der Waals surface area contributed by atoms with Crippen molar-refractivity contribution in [2.45, 2.75) is 26.7 Å². The molecule has 0 spiro atoms. The number of ether oxygens (including phenoxy) is 3. The van der Waals surface area contributed by atoms with E-state index in [1.165, 1.54) is 13.2 Å². The molecule has 0 saturated heterocycles. The van der Waals surface area contributed by atoms with E-state index in [0.29, 0.717) is 41.6 Å². The number of carbonyl (C=O) groups excluding carboxylic acids is 3. The number of rotatable bonds is 9. The van der Waals surface area contributed by atoms with E-state index in [2.05, 4.69) is 0 Å². The molecule has 2 aromatic rings. The van der Waals surface area contributed by atoms with Crippen LogP contribution in [0.3, 0.4) is 0 Å². The van der Waals surface area contributed by atoms with E-state index >= 15 is 0 Å². The summed E-state index contributed by atoms with van der Waals surface area (Å²) in [7, 11) is 1.48. The first-order valence-corrected chi connectivity index (χ1v) is 9.16. The van der Waals surface area contributed by atoms with E-state index < -0.39 is 11.9 Å². The molecule has 0 bridgehead atoms. The summed E-state index contributed by atoms with van der Waals surface area (Å²) in [6, 6.07) is 9.78. The highest BCUT2D eigenvalue weighted by Gasteiger charge is 2.16. The first-order chi connectivity index (χ1) is 13.5. The number of aldehydes is 1. The molecule has 0 amide bonds. The minimum atomic E-state index is -0.516. The first kappa shape index (κ1) is 21.2. The molecule has 0 aromatic heterocycles. The van der Waals surface area contributed by atoms with E-state index in [1.807, 2.05) is 13.8 Å². The van der Waals surface area contributed by atoms with Crippen LogP contribution in [0.2, 0.25) is 0 Å². The zero-order valence-electron chi connectivity index (χ0n) is 16.3. The number of esters is 2. The van der Waals surface area contributed by atoms with Crippen LogP contribution < -0.4 is 4.74 Å². The van der Waals surface area contributed by atoms with E-state index in [9.17, 15) is 14.4 Å². The van der Waals surface area contributed by atoms with Crippen molar-refractivity contribution in [3.63, 3.8) is 0 Å². The molecule has 0 N–H and O–H groups in total. The Morgan fingerprint density at radius 1 is 0.857 bits per heavy atom. The van der Waals surface area contributed by atoms with Crippen molar-refractivity contribution in [2.75, 3.05) is 20.3 Å². The lowest BCUT2D eigenvalue weighted by Crippen LogP contribution is -2.10. The zero-order chi connectivity index (χ0) is 20.5. The summed E-state index contributed by atoms with van der Waals surface area (Å²) in [5.41, 5.74) is 2.13. The largest absolute Gasteiger partial charge is 0.496 e. The van der Waals surface area contributed by atoms with Gasteiger partial charge in [0.05, 0.1) is 37.0 Å². The van der Waals surface area contributed by atoms with E-state index in [-0.39, 0.29) is 24.3 Å². The lowest BCUT2D eigenvalue weighted by atomic mass is 9.98. The molecule has 0 saturated carbocycles. The lowest BCUT2D eigenvalue weighted by molar-refractivity contribution is 0.0503. The molecule has 6 nitrogen and oxygen atoms in total. The van der Waals surface area contributed by atoms with Crippen LogP contribution >= 0.6 is 0 Å². The van der Waals surface area contributed by atoms with Gasteiger partial charge in [0.2, 0.25) is 0 Å². The molecule has 6 heteroatoms. The summed E-state index contributed by atoms with van der Waals surface area (Å²) in [5, 5.41) is 0. The Balaban J connectivity index is 2.51. The first-order valence-electron chi connectivity index (χ1n) is 9.16. The second-order valence-corrected chi connectivity index (χ2v) is 6.15. The molecule has 0 aliphatic carbocycles. The van der Waals surface area contributed by atoms with Crippen LogP contribution in [0.15, 0.2) is 36.4 Å². The molecular weight excluding hydrogens is 360 g/mol. The summed E-state index contributed by atoms with van der Waals surface area (Å²) in [4.78, 5) is 36.0. The van der Waals surface area contributed by atoms with Crippen molar-refractivity contribution in [1.29, 1.82) is 0 Å². The zero-order valence-corrected chi connectivity index (χ0v) is 16.3. The Bertz CT molecular complexity index is 818. The molecule has 148 valence electrons. The van der Waals surface area contributed by atoms with E-state index in [1.54, 1.807) is 30.3 Å². The SMILES string of the molecule is CCCOC(=O)c1cc(C(=O)OCCC)cc(-c2ccc(OC)c(C=O)c2)c1. The van der Waals surface area contributed by atoms with E-state index in [4.69, 9.17) is 14.2 Å². The van der Waals surface area contributed by atoms with Crippen LogP contribution in [0.4, 0.5) is 0 Å². The molecule has 0 aliphatic rings. The molecule has 2 aromatic carbocycles. The van der Waals surface area contributed by atoms with Gasteiger partial charge in [-0.15, -0.1) is 0 Å². The van der Waals surface area contributed by atoms with E-state index in [0.717, 1.165) is 0 Å². The summed E-state index contributed by atoms with van der Waals surface area (Å²) >= 11 is 0. The van der Waals surface area contributed by atoms with Crippen LogP contribution in [0, 0.1) is 0 Å². The van der Waals surface area contributed by atoms with Crippen molar-refractivity contribution < 1.29 is 28.6 Å². The maximum atomic E-state index is 12.3. The third kappa shape index (κ3) is 5.19. The fraction of sp³-hybridized carbons (Fsp3) is 0.318. The van der Waals surface area contributed by atoms with Crippen molar-refractivity contribution in [3.8, 4) is 16.9 Å². The van der Waals surface area contributed by atoms with Gasteiger partial charge < -0.3 is 14.2 Å². The summed E-state index contributed by atoms with van der Waals surface area (Å²) in [6.45, 7) is 4.37. The van der Waals surface area contributed by atoms with Gasteiger partial charge in [0, 0.05) is 0 Å².